The Hall–Kier alpha value is -1.59. The Balaban J connectivity index is 2.23. The number of nitrogens with two attached hydrogens (primary N) is 1. The zero-order valence-corrected chi connectivity index (χ0v) is 12.0. The van der Waals surface area contributed by atoms with Gasteiger partial charge in [-0.2, -0.15) is 0 Å². The number of hydrogen-bond donors (Lipinski definition) is 1. The molecule has 1 atom stereocenters. The molecule has 104 valence electrons. The van der Waals surface area contributed by atoms with Crippen LogP contribution in [0.4, 0.5) is 8.78 Å². The Morgan fingerprint density at radius 1 is 1.15 bits per heavy atom. The molecule has 2 aromatic rings. The lowest BCUT2D eigenvalue weighted by molar-refractivity contribution is -0.119. The van der Waals surface area contributed by atoms with Gasteiger partial charge in [0.1, 0.15) is 11.6 Å². The van der Waals surface area contributed by atoms with E-state index in [9.17, 15) is 13.6 Å². The molecule has 0 aromatic heterocycles. The van der Waals surface area contributed by atoms with E-state index in [2.05, 4.69) is 15.9 Å². The molecule has 0 amide bonds. The maximum absolute atomic E-state index is 13.8. The lowest BCUT2D eigenvalue weighted by atomic mass is 9.98. The van der Waals surface area contributed by atoms with Crippen LogP contribution in [0.2, 0.25) is 0 Å². The Labute approximate surface area is 123 Å². The zero-order chi connectivity index (χ0) is 14.7. The lowest BCUT2D eigenvalue weighted by Crippen LogP contribution is -2.24. The van der Waals surface area contributed by atoms with Crippen molar-refractivity contribution >= 4 is 21.7 Å². The molecule has 2 aromatic carbocycles. The van der Waals surface area contributed by atoms with Crippen LogP contribution in [-0.2, 0) is 11.2 Å². The fraction of sp³-hybridized carbons (Fsp3) is 0.133. The van der Waals surface area contributed by atoms with Gasteiger partial charge in [-0.25, -0.2) is 8.78 Å². The summed E-state index contributed by atoms with van der Waals surface area (Å²) in [7, 11) is 0. The van der Waals surface area contributed by atoms with E-state index in [0.717, 1.165) is 6.07 Å². The molecule has 0 aliphatic rings. The summed E-state index contributed by atoms with van der Waals surface area (Å²) in [6.45, 7) is 0. The summed E-state index contributed by atoms with van der Waals surface area (Å²) >= 11 is 2.97. The van der Waals surface area contributed by atoms with Gasteiger partial charge in [-0.1, -0.05) is 30.3 Å². The minimum absolute atomic E-state index is 0.120. The second kappa shape index (κ2) is 6.24. The van der Waals surface area contributed by atoms with E-state index in [-0.39, 0.29) is 16.5 Å². The summed E-state index contributed by atoms with van der Waals surface area (Å²) in [6.07, 6.45) is -0.382. The predicted octanol–water partition coefficient (Wildman–Crippen LogP) is 3.54. The molecule has 5 heteroatoms. The number of ketones is 1. The Bertz CT molecular complexity index is 631. The molecule has 20 heavy (non-hydrogen) atoms. The van der Waals surface area contributed by atoms with E-state index in [4.69, 9.17) is 5.73 Å². The monoisotopic (exact) mass is 339 g/mol. The van der Waals surface area contributed by atoms with Crippen molar-refractivity contribution in [3.05, 3.63) is 69.7 Å². The second-order valence-corrected chi connectivity index (χ2v) is 5.21. The number of hydrogen-bond acceptors (Lipinski definition) is 2. The Morgan fingerprint density at radius 3 is 2.45 bits per heavy atom. The summed E-state index contributed by atoms with van der Waals surface area (Å²) in [5, 5.41) is 0. The van der Waals surface area contributed by atoms with Crippen molar-refractivity contribution in [3.8, 4) is 0 Å². The fourth-order valence-corrected chi connectivity index (χ4v) is 2.23. The Morgan fingerprint density at radius 2 is 1.80 bits per heavy atom. The average Bonchev–Trinajstić information content (AvgIpc) is 2.47. The molecular formula is C15H12BrF2NO. The highest BCUT2D eigenvalue weighted by molar-refractivity contribution is 9.10. The van der Waals surface area contributed by atoms with E-state index < -0.39 is 23.5 Å². The highest BCUT2D eigenvalue weighted by Gasteiger charge is 2.21. The molecule has 0 heterocycles. The maximum atomic E-state index is 13.8. The number of benzene rings is 2. The number of carbonyl (C=O) groups excluding carboxylic acids is 1. The first-order valence-electron chi connectivity index (χ1n) is 5.96. The van der Waals surface area contributed by atoms with E-state index in [1.807, 2.05) is 0 Å². The molecular weight excluding hydrogens is 328 g/mol. The summed E-state index contributed by atoms with van der Waals surface area (Å²) in [4.78, 5) is 12.1. The summed E-state index contributed by atoms with van der Waals surface area (Å²) in [6, 6.07) is 10.2. The molecule has 1 unspecified atom stereocenters. The summed E-state index contributed by atoms with van der Waals surface area (Å²) < 4.78 is 27.5. The normalized spacial score (nSPS) is 12.2. The highest BCUT2D eigenvalue weighted by atomic mass is 79.9. The third kappa shape index (κ3) is 3.11. The largest absolute Gasteiger partial charge is 0.318 e. The van der Waals surface area contributed by atoms with Gasteiger partial charge in [0.15, 0.2) is 5.78 Å². The van der Waals surface area contributed by atoms with Gasteiger partial charge in [0.2, 0.25) is 0 Å². The fourth-order valence-electron chi connectivity index (χ4n) is 1.86. The van der Waals surface area contributed by atoms with Crippen LogP contribution in [0.15, 0.2) is 46.9 Å². The quantitative estimate of drug-likeness (QED) is 0.866. The SMILES string of the molecule is NC(C(=O)Cc1c(F)ccc(Br)c1F)c1ccccc1. The van der Waals surface area contributed by atoms with Gasteiger partial charge in [0, 0.05) is 12.0 Å². The third-order valence-electron chi connectivity index (χ3n) is 3.00. The average molecular weight is 340 g/mol. The molecule has 0 saturated carbocycles. The standard InChI is InChI=1S/C15H12BrF2NO/c16-11-6-7-12(17)10(14(11)18)8-13(20)15(19)9-4-2-1-3-5-9/h1-7,15H,8,19H2. The van der Waals surface area contributed by atoms with Crippen molar-refractivity contribution in [2.45, 2.75) is 12.5 Å². The van der Waals surface area contributed by atoms with Crippen molar-refractivity contribution < 1.29 is 13.6 Å². The minimum Gasteiger partial charge on any atom is -0.318 e. The summed E-state index contributed by atoms with van der Waals surface area (Å²) in [5.74, 6) is -1.95. The molecule has 2 rings (SSSR count). The van der Waals surface area contributed by atoms with Crippen molar-refractivity contribution in [2.24, 2.45) is 5.73 Å². The van der Waals surface area contributed by atoms with E-state index >= 15 is 0 Å². The van der Waals surface area contributed by atoms with Gasteiger partial charge in [-0.15, -0.1) is 0 Å². The molecule has 2 N–H and O–H groups in total. The van der Waals surface area contributed by atoms with Gasteiger partial charge in [-0.3, -0.25) is 4.79 Å². The number of halogens is 3. The molecule has 0 spiro atoms. The molecule has 0 aliphatic carbocycles. The van der Waals surface area contributed by atoms with E-state index in [1.54, 1.807) is 30.3 Å². The first-order valence-corrected chi connectivity index (χ1v) is 6.75. The van der Waals surface area contributed by atoms with Crippen LogP contribution in [0.25, 0.3) is 0 Å². The third-order valence-corrected chi connectivity index (χ3v) is 3.61. The minimum atomic E-state index is -0.894. The van der Waals surface area contributed by atoms with Crippen LogP contribution in [0, 0.1) is 11.6 Å². The van der Waals surface area contributed by atoms with Gasteiger partial charge in [0.05, 0.1) is 10.5 Å². The zero-order valence-electron chi connectivity index (χ0n) is 10.4. The van der Waals surface area contributed by atoms with Crippen LogP contribution < -0.4 is 5.73 Å². The molecule has 0 radical (unpaired) electrons. The smallest absolute Gasteiger partial charge is 0.158 e. The van der Waals surface area contributed by atoms with Crippen LogP contribution >= 0.6 is 15.9 Å². The van der Waals surface area contributed by atoms with Gasteiger partial charge >= 0.3 is 0 Å². The molecule has 2 nitrogen and oxygen atoms in total. The summed E-state index contributed by atoms with van der Waals surface area (Å²) in [5.41, 5.74) is 6.17. The number of carbonyl (C=O) groups is 1. The van der Waals surface area contributed by atoms with Gasteiger partial charge in [-0.05, 0) is 33.6 Å². The van der Waals surface area contributed by atoms with E-state index in [0.29, 0.717) is 5.56 Å². The molecule has 0 bridgehead atoms. The highest BCUT2D eigenvalue weighted by Crippen LogP contribution is 2.23. The molecule has 0 fully saturated rings. The van der Waals surface area contributed by atoms with Crippen LogP contribution in [-0.4, -0.2) is 5.78 Å². The second-order valence-electron chi connectivity index (χ2n) is 4.35. The lowest BCUT2D eigenvalue weighted by Gasteiger charge is -2.12. The van der Waals surface area contributed by atoms with Crippen molar-refractivity contribution in [2.75, 3.05) is 0 Å². The van der Waals surface area contributed by atoms with Crippen LogP contribution in [0.1, 0.15) is 17.2 Å². The van der Waals surface area contributed by atoms with Crippen molar-refractivity contribution in [1.29, 1.82) is 0 Å². The van der Waals surface area contributed by atoms with Gasteiger partial charge in [0.25, 0.3) is 0 Å². The molecule has 0 aliphatic heterocycles. The Kier molecular flexibility index (Phi) is 4.62. The van der Waals surface area contributed by atoms with E-state index in [1.165, 1.54) is 6.07 Å². The topological polar surface area (TPSA) is 43.1 Å². The van der Waals surface area contributed by atoms with Crippen LogP contribution in [0.3, 0.4) is 0 Å². The molecule has 0 saturated heterocycles. The van der Waals surface area contributed by atoms with Gasteiger partial charge < -0.3 is 5.73 Å². The van der Waals surface area contributed by atoms with Crippen molar-refractivity contribution in [3.63, 3.8) is 0 Å². The maximum Gasteiger partial charge on any atom is 0.158 e. The first-order chi connectivity index (χ1) is 9.50. The first kappa shape index (κ1) is 14.8. The predicted molar refractivity (Wildman–Crippen MR) is 76.1 cm³/mol. The van der Waals surface area contributed by atoms with Crippen LogP contribution in [0.5, 0.6) is 0 Å². The number of rotatable bonds is 4. The number of Topliss-reactive ketones (excluding diaryl/α,β-unsaturated/α-hetero) is 1. The van der Waals surface area contributed by atoms with Crippen molar-refractivity contribution in [1.82, 2.24) is 0 Å².